The van der Waals surface area contributed by atoms with Crippen molar-refractivity contribution in [2.24, 2.45) is 10.8 Å². The van der Waals surface area contributed by atoms with E-state index < -0.39 is 10.0 Å². The Hall–Kier alpha value is -3.41. The first kappa shape index (κ1) is 42.7. The summed E-state index contributed by atoms with van der Waals surface area (Å²) in [7, 11) is -1.26. The molecule has 3 aliphatic rings. The zero-order chi connectivity index (χ0) is 39.8. The number of carbonyl (C=O) groups excluding carboxylic acids is 2. The van der Waals surface area contributed by atoms with E-state index in [9.17, 15) is 23.3 Å². The average molecular weight is 798 g/mol. The van der Waals surface area contributed by atoms with Gasteiger partial charge in [0.1, 0.15) is 17.9 Å². The summed E-state index contributed by atoms with van der Waals surface area (Å²) in [6.07, 6.45) is 4.77. The van der Waals surface area contributed by atoms with Gasteiger partial charge in [0, 0.05) is 99.5 Å². The van der Waals surface area contributed by atoms with Crippen LogP contribution in [0.2, 0.25) is 5.02 Å². The molecule has 3 fully saturated rings. The standard InChI is InChI=1S/C41H60ClN7O5S/c1-40(2)38(41(3,4)39(40)54-34-17-14-32(30-43)35(42)29-34)45-37(51)31-12-15-33(16-13-31)48-24-22-47(23-25-48)19-9-7-6-8-11-36(50)44-18-10-28-55(52,53)49-26-20-46(5)21-27-49/h12-17,29,38-39H,6-11,18-28H2,1-5H3,(H,44,50)(H,45,51). The van der Waals surface area contributed by atoms with Crippen LogP contribution < -0.4 is 20.3 Å². The molecule has 0 aromatic heterocycles. The Kier molecular flexibility index (Phi) is 14.5. The minimum Gasteiger partial charge on any atom is -0.489 e. The molecule has 2 heterocycles. The number of hydrogen-bond acceptors (Lipinski definition) is 9. The van der Waals surface area contributed by atoms with Crippen LogP contribution in [0, 0.1) is 22.2 Å². The third-order valence-corrected chi connectivity index (χ3v) is 14.0. The maximum atomic E-state index is 13.4. The highest BCUT2D eigenvalue weighted by Crippen LogP contribution is 2.55. The Morgan fingerprint density at radius 1 is 0.891 bits per heavy atom. The Morgan fingerprint density at radius 3 is 2.18 bits per heavy atom. The molecule has 0 radical (unpaired) electrons. The molecule has 55 heavy (non-hydrogen) atoms. The Labute approximate surface area is 333 Å². The Bertz CT molecular complexity index is 1750. The van der Waals surface area contributed by atoms with Crippen molar-refractivity contribution in [3.8, 4) is 11.8 Å². The van der Waals surface area contributed by atoms with Gasteiger partial charge in [-0.05, 0) is 69.3 Å². The fourth-order valence-corrected chi connectivity index (χ4v) is 10.3. The van der Waals surface area contributed by atoms with Crippen LogP contribution in [-0.4, -0.2) is 125 Å². The van der Waals surface area contributed by atoms with E-state index in [1.807, 2.05) is 31.3 Å². The first-order chi connectivity index (χ1) is 26.1. The van der Waals surface area contributed by atoms with Gasteiger partial charge in [0.05, 0.1) is 16.3 Å². The monoisotopic (exact) mass is 797 g/mol. The molecular formula is C41H60ClN7O5S. The second kappa shape index (κ2) is 18.7. The van der Waals surface area contributed by atoms with E-state index in [1.54, 1.807) is 22.5 Å². The van der Waals surface area contributed by atoms with Crippen molar-refractivity contribution in [3.63, 3.8) is 0 Å². The Morgan fingerprint density at radius 2 is 1.55 bits per heavy atom. The largest absolute Gasteiger partial charge is 0.489 e. The molecule has 12 nitrogen and oxygen atoms in total. The molecule has 0 bridgehead atoms. The lowest BCUT2D eigenvalue weighted by Gasteiger charge is -2.63. The van der Waals surface area contributed by atoms with E-state index in [0.717, 1.165) is 77.2 Å². The summed E-state index contributed by atoms with van der Waals surface area (Å²) in [5, 5.41) is 15.7. The molecule has 2 aromatic carbocycles. The third kappa shape index (κ3) is 10.9. The van der Waals surface area contributed by atoms with Crippen molar-refractivity contribution in [2.75, 3.05) is 83.1 Å². The summed E-state index contributed by atoms with van der Waals surface area (Å²) in [5.41, 5.74) is 1.47. The van der Waals surface area contributed by atoms with E-state index in [2.05, 4.69) is 59.1 Å². The van der Waals surface area contributed by atoms with Gasteiger partial charge in [0.25, 0.3) is 5.91 Å². The highest BCUT2D eigenvalue weighted by Gasteiger charge is 2.64. The van der Waals surface area contributed by atoms with Crippen molar-refractivity contribution < 1.29 is 22.7 Å². The van der Waals surface area contributed by atoms with Crippen molar-refractivity contribution in [2.45, 2.75) is 78.4 Å². The number of ether oxygens (including phenoxy) is 1. The van der Waals surface area contributed by atoms with Gasteiger partial charge in [0.2, 0.25) is 15.9 Å². The number of anilines is 1. The summed E-state index contributed by atoms with van der Waals surface area (Å²) in [6, 6.07) is 14.9. The minimum absolute atomic E-state index is 0.0000346. The Balaban J connectivity index is 0.940. The highest BCUT2D eigenvalue weighted by atomic mass is 35.5. The molecule has 1 aliphatic carbocycles. The quantitative estimate of drug-likeness (QED) is 0.213. The van der Waals surface area contributed by atoms with Gasteiger partial charge in [-0.15, -0.1) is 0 Å². The maximum Gasteiger partial charge on any atom is 0.251 e. The number of sulfonamides is 1. The van der Waals surface area contributed by atoms with E-state index in [1.165, 1.54) is 0 Å². The van der Waals surface area contributed by atoms with Gasteiger partial charge < -0.3 is 25.2 Å². The molecule has 0 atom stereocenters. The van der Waals surface area contributed by atoms with Crippen molar-refractivity contribution >= 4 is 39.1 Å². The number of benzene rings is 2. The molecule has 0 spiro atoms. The summed E-state index contributed by atoms with van der Waals surface area (Å²) in [4.78, 5) is 32.7. The topological polar surface area (TPSA) is 138 Å². The van der Waals surface area contributed by atoms with E-state index >= 15 is 0 Å². The van der Waals surface area contributed by atoms with E-state index in [4.69, 9.17) is 16.3 Å². The fourth-order valence-electron chi connectivity index (χ4n) is 8.60. The number of hydrogen-bond donors (Lipinski definition) is 2. The zero-order valence-corrected chi connectivity index (χ0v) is 34.9. The fraction of sp³-hybridized carbons (Fsp3) is 0.634. The normalized spacial score (nSPS) is 21.7. The molecule has 1 saturated carbocycles. The number of nitrogens with zero attached hydrogens (tertiary/aromatic N) is 5. The lowest BCUT2D eigenvalue weighted by Crippen LogP contribution is -2.74. The van der Waals surface area contributed by atoms with Gasteiger partial charge in [-0.3, -0.25) is 14.5 Å². The summed E-state index contributed by atoms with van der Waals surface area (Å²) in [5.74, 6) is 0.578. The van der Waals surface area contributed by atoms with Crippen LogP contribution in [0.15, 0.2) is 42.5 Å². The first-order valence-corrected chi connectivity index (χ1v) is 21.8. The van der Waals surface area contributed by atoms with E-state index in [-0.39, 0.29) is 40.5 Å². The van der Waals surface area contributed by atoms with Crippen molar-refractivity contribution in [1.82, 2.24) is 24.7 Å². The van der Waals surface area contributed by atoms with Crippen LogP contribution >= 0.6 is 11.6 Å². The van der Waals surface area contributed by atoms with Gasteiger partial charge in [0.15, 0.2) is 0 Å². The number of piperazine rings is 2. The SMILES string of the molecule is CN1CCN(S(=O)(=O)CCCNC(=O)CCCCCCN2CCN(c3ccc(C(=O)NC4C(C)(C)C(Oc5ccc(C#N)c(Cl)c5)C4(C)C)cc3)CC2)CC1. The van der Waals surface area contributed by atoms with Gasteiger partial charge in [-0.1, -0.05) is 52.1 Å². The molecule has 2 amide bonds. The third-order valence-electron chi connectivity index (χ3n) is 11.7. The number of unbranched alkanes of at least 4 members (excludes halogenated alkanes) is 3. The number of halogens is 1. The van der Waals surface area contributed by atoms with Gasteiger partial charge >= 0.3 is 0 Å². The molecule has 0 unspecified atom stereocenters. The lowest BCUT2D eigenvalue weighted by molar-refractivity contribution is -0.164. The number of rotatable bonds is 17. The molecule has 2 aliphatic heterocycles. The van der Waals surface area contributed by atoms with Crippen LogP contribution in [-0.2, 0) is 14.8 Å². The van der Waals surface area contributed by atoms with Gasteiger partial charge in [-0.2, -0.15) is 9.57 Å². The summed E-state index contributed by atoms with van der Waals surface area (Å²) >= 11 is 6.24. The highest BCUT2D eigenvalue weighted by molar-refractivity contribution is 7.89. The van der Waals surface area contributed by atoms with Crippen LogP contribution in [0.1, 0.15) is 82.1 Å². The van der Waals surface area contributed by atoms with Crippen LogP contribution in [0.5, 0.6) is 5.75 Å². The molecule has 5 rings (SSSR count). The molecule has 2 aromatic rings. The predicted molar refractivity (Wildman–Crippen MR) is 218 cm³/mol. The summed E-state index contributed by atoms with van der Waals surface area (Å²) in [6.45, 7) is 16.3. The lowest BCUT2D eigenvalue weighted by atomic mass is 9.49. The number of nitrogens with one attached hydrogen (secondary N) is 2. The summed E-state index contributed by atoms with van der Waals surface area (Å²) < 4.78 is 33.0. The molecule has 2 saturated heterocycles. The van der Waals surface area contributed by atoms with E-state index in [0.29, 0.717) is 54.4 Å². The number of carbonyl (C=O) groups is 2. The minimum atomic E-state index is -3.26. The van der Waals surface area contributed by atoms with Crippen LogP contribution in [0.4, 0.5) is 5.69 Å². The maximum absolute atomic E-state index is 13.4. The zero-order valence-electron chi connectivity index (χ0n) is 33.3. The van der Waals surface area contributed by atoms with Crippen LogP contribution in [0.3, 0.4) is 0 Å². The molecule has 302 valence electrons. The molecular weight excluding hydrogens is 738 g/mol. The van der Waals surface area contributed by atoms with Crippen molar-refractivity contribution in [3.05, 3.63) is 58.6 Å². The smallest absolute Gasteiger partial charge is 0.251 e. The second-order valence-electron chi connectivity index (χ2n) is 16.6. The average Bonchev–Trinajstić information content (AvgIpc) is 3.16. The predicted octanol–water partition coefficient (Wildman–Crippen LogP) is 4.98. The number of nitriles is 1. The number of amides is 2. The van der Waals surface area contributed by atoms with Crippen molar-refractivity contribution in [1.29, 1.82) is 5.26 Å². The first-order valence-electron chi connectivity index (χ1n) is 19.8. The molecule has 14 heteroatoms. The number of likely N-dealkylation sites (N-methyl/N-ethyl adjacent to an activating group) is 1. The van der Waals surface area contributed by atoms with Crippen LogP contribution in [0.25, 0.3) is 0 Å². The molecule has 2 N–H and O–H groups in total. The van der Waals surface area contributed by atoms with Gasteiger partial charge in [-0.25, -0.2) is 8.42 Å². The second-order valence-corrected chi connectivity index (χ2v) is 19.1.